The maximum atomic E-state index is 12.8. The Bertz CT molecular complexity index is 806. The van der Waals surface area contributed by atoms with Gasteiger partial charge in [0.05, 0.1) is 9.82 Å². The largest absolute Gasteiger partial charge is 0.396 e. The van der Waals surface area contributed by atoms with E-state index in [4.69, 9.17) is 0 Å². The van der Waals surface area contributed by atoms with E-state index in [1.807, 2.05) is 4.90 Å². The van der Waals surface area contributed by atoms with E-state index < -0.39 is 14.9 Å². The summed E-state index contributed by atoms with van der Waals surface area (Å²) in [6, 6.07) is 4.01. The predicted octanol–water partition coefficient (Wildman–Crippen LogP) is 2.66. The molecule has 9 heteroatoms. The molecule has 1 aromatic rings. The highest BCUT2D eigenvalue weighted by atomic mass is 32.2. The van der Waals surface area contributed by atoms with Gasteiger partial charge in [0.1, 0.15) is 5.69 Å². The number of aliphatic hydroxyl groups excluding tert-OH is 1. The molecular formula is C19H29N3O5S. The number of nitro groups is 1. The Morgan fingerprint density at radius 3 is 2.61 bits per heavy atom. The summed E-state index contributed by atoms with van der Waals surface area (Å²) in [6.45, 7) is 3.39. The Morgan fingerprint density at radius 2 is 1.96 bits per heavy atom. The molecule has 28 heavy (non-hydrogen) atoms. The smallest absolute Gasteiger partial charge is 0.293 e. The van der Waals surface area contributed by atoms with Gasteiger partial charge in [-0.3, -0.25) is 10.1 Å². The molecule has 0 amide bonds. The number of aliphatic hydroxyl groups is 1. The predicted molar refractivity (Wildman–Crippen MR) is 107 cm³/mol. The zero-order chi connectivity index (χ0) is 20.3. The number of hydrogen-bond donors (Lipinski definition) is 2. The Balaban J connectivity index is 1.82. The second-order valence-corrected chi connectivity index (χ2v) is 9.84. The van der Waals surface area contributed by atoms with Crippen LogP contribution in [-0.2, 0) is 10.0 Å². The van der Waals surface area contributed by atoms with Crippen LogP contribution in [0.2, 0.25) is 0 Å². The number of nitrogens with one attached hydrogen (secondary N) is 1. The van der Waals surface area contributed by atoms with Crippen molar-refractivity contribution in [2.24, 2.45) is 11.8 Å². The fourth-order valence-corrected chi connectivity index (χ4v) is 5.51. The van der Waals surface area contributed by atoms with Crippen molar-refractivity contribution in [3.05, 3.63) is 28.3 Å². The lowest BCUT2D eigenvalue weighted by molar-refractivity contribution is -0.384. The standard InChI is InChI=1S/C19H29N3O5S/c1-14-4-6-16(7-5-14)20-28(26,27)17-8-9-18(19(11-17)22(24)25)21-10-2-3-15(12-21)13-23/h8-9,11,14-16,20,23H,2-7,10,12-13H2,1H3. The van der Waals surface area contributed by atoms with Gasteiger partial charge < -0.3 is 10.0 Å². The maximum Gasteiger partial charge on any atom is 0.293 e. The van der Waals surface area contributed by atoms with Gasteiger partial charge >= 0.3 is 0 Å². The van der Waals surface area contributed by atoms with Gasteiger partial charge in [0.15, 0.2) is 0 Å². The summed E-state index contributed by atoms with van der Waals surface area (Å²) in [5.41, 5.74) is 0.201. The molecule has 3 rings (SSSR count). The molecule has 1 aromatic carbocycles. The van der Waals surface area contributed by atoms with Crippen molar-refractivity contribution in [2.75, 3.05) is 24.6 Å². The van der Waals surface area contributed by atoms with E-state index >= 15 is 0 Å². The van der Waals surface area contributed by atoms with Crippen LogP contribution in [0.15, 0.2) is 23.1 Å². The SMILES string of the molecule is CC1CCC(NS(=O)(=O)c2ccc(N3CCCC(CO)C3)c([N+](=O)[O-])c2)CC1. The first-order valence-electron chi connectivity index (χ1n) is 9.96. The highest BCUT2D eigenvalue weighted by Crippen LogP contribution is 2.34. The van der Waals surface area contributed by atoms with Crippen molar-refractivity contribution in [1.29, 1.82) is 0 Å². The average Bonchev–Trinajstić information content (AvgIpc) is 2.69. The summed E-state index contributed by atoms with van der Waals surface area (Å²) in [4.78, 5) is 12.9. The average molecular weight is 412 g/mol. The van der Waals surface area contributed by atoms with Gasteiger partial charge in [0.25, 0.3) is 5.69 Å². The fraction of sp³-hybridized carbons (Fsp3) is 0.684. The molecule has 1 unspecified atom stereocenters. The number of piperidine rings is 1. The van der Waals surface area contributed by atoms with Crippen molar-refractivity contribution in [1.82, 2.24) is 4.72 Å². The molecule has 2 aliphatic rings. The van der Waals surface area contributed by atoms with Crippen LogP contribution in [0.4, 0.5) is 11.4 Å². The molecular weight excluding hydrogens is 382 g/mol. The van der Waals surface area contributed by atoms with Gasteiger partial charge in [0.2, 0.25) is 10.0 Å². The third-order valence-corrected chi connectivity index (χ3v) is 7.43. The Morgan fingerprint density at radius 1 is 1.25 bits per heavy atom. The van der Waals surface area contributed by atoms with Gasteiger partial charge in [-0.25, -0.2) is 13.1 Å². The number of hydrogen-bond acceptors (Lipinski definition) is 6. The van der Waals surface area contributed by atoms with Gasteiger partial charge in [-0.1, -0.05) is 6.92 Å². The minimum atomic E-state index is -3.81. The zero-order valence-corrected chi connectivity index (χ0v) is 17.0. The minimum Gasteiger partial charge on any atom is -0.396 e. The summed E-state index contributed by atoms with van der Waals surface area (Å²) in [6.07, 6.45) is 5.26. The van der Waals surface area contributed by atoms with E-state index in [1.165, 1.54) is 12.1 Å². The van der Waals surface area contributed by atoms with Gasteiger partial charge in [-0.2, -0.15) is 0 Å². The Hall–Kier alpha value is -1.71. The van der Waals surface area contributed by atoms with Gasteiger partial charge in [-0.05, 0) is 62.5 Å². The quantitative estimate of drug-likeness (QED) is 0.550. The lowest BCUT2D eigenvalue weighted by Crippen LogP contribution is -2.38. The first kappa shape index (κ1) is 21.0. The lowest BCUT2D eigenvalue weighted by Gasteiger charge is -2.33. The van der Waals surface area contributed by atoms with Crippen LogP contribution in [-0.4, -0.2) is 44.2 Å². The van der Waals surface area contributed by atoms with Crippen LogP contribution >= 0.6 is 0 Å². The number of nitro benzene ring substituents is 1. The highest BCUT2D eigenvalue weighted by molar-refractivity contribution is 7.89. The van der Waals surface area contributed by atoms with Crippen LogP contribution in [0.3, 0.4) is 0 Å². The molecule has 2 fully saturated rings. The first-order chi connectivity index (χ1) is 13.3. The van der Waals surface area contributed by atoms with Crippen molar-refractivity contribution < 1.29 is 18.4 Å². The van der Waals surface area contributed by atoms with E-state index in [9.17, 15) is 23.6 Å². The summed E-state index contributed by atoms with van der Waals surface area (Å²) >= 11 is 0. The third kappa shape index (κ3) is 4.82. The number of benzene rings is 1. The van der Waals surface area contributed by atoms with Crippen LogP contribution in [0.1, 0.15) is 45.4 Å². The van der Waals surface area contributed by atoms with E-state index in [2.05, 4.69) is 11.6 Å². The monoisotopic (exact) mass is 411 g/mol. The molecule has 1 saturated carbocycles. The van der Waals surface area contributed by atoms with E-state index in [0.717, 1.165) is 44.6 Å². The zero-order valence-electron chi connectivity index (χ0n) is 16.2. The Kier molecular flexibility index (Phi) is 6.57. The van der Waals surface area contributed by atoms with E-state index in [-0.39, 0.29) is 29.1 Å². The fourth-order valence-electron chi connectivity index (χ4n) is 4.18. The van der Waals surface area contributed by atoms with Crippen LogP contribution in [0, 0.1) is 22.0 Å². The maximum absolute atomic E-state index is 12.8. The summed E-state index contributed by atoms with van der Waals surface area (Å²) in [7, 11) is -3.81. The molecule has 0 aromatic heterocycles. The molecule has 8 nitrogen and oxygen atoms in total. The minimum absolute atomic E-state index is 0.0423. The molecule has 1 aliphatic carbocycles. The molecule has 1 heterocycles. The molecule has 0 radical (unpaired) electrons. The van der Waals surface area contributed by atoms with Crippen LogP contribution in [0.5, 0.6) is 0 Å². The van der Waals surface area contributed by atoms with Crippen molar-refractivity contribution in [3.8, 4) is 0 Å². The number of sulfonamides is 1. The molecule has 2 N–H and O–H groups in total. The normalized spacial score (nSPS) is 26.2. The second kappa shape index (κ2) is 8.75. The third-order valence-electron chi connectivity index (χ3n) is 5.91. The molecule has 0 spiro atoms. The van der Waals surface area contributed by atoms with Crippen molar-refractivity contribution >= 4 is 21.4 Å². The summed E-state index contributed by atoms with van der Waals surface area (Å²) < 4.78 is 28.2. The topological polar surface area (TPSA) is 113 Å². The Labute approximate surface area is 166 Å². The van der Waals surface area contributed by atoms with E-state index in [0.29, 0.717) is 24.7 Å². The van der Waals surface area contributed by atoms with Crippen molar-refractivity contribution in [3.63, 3.8) is 0 Å². The first-order valence-corrected chi connectivity index (χ1v) is 11.4. The lowest BCUT2D eigenvalue weighted by atomic mass is 9.88. The summed E-state index contributed by atoms with van der Waals surface area (Å²) in [5.74, 6) is 0.681. The van der Waals surface area contributed by atoms with Crippen LogP contribution < -0.4 is 9.62 Å². The number of nitrogens with zero attached hydrogens (tertiary/aromatic N) is 2. The number of rotatable bonds is 6. The van der Waals surface area contributed by atoms with E-state index in [1.54, 1.807) is 0 Å². The number of anilines is 1. The molecule has 1 atom stereocenters. The molecule has 1 aliphatic heterocycles. The molecule has 0 bridgehead atoms. The van der Waals surface area contributed by atoms with Crippen LogP contribution in [0.25, 0.3) is 0 Å². The molecule has 156 valence electrons. The van der Waals surface area contributed by atoms with Gasteiger partial charge in [-0.15, -0.1) is 0 Å². The summed E-state index contributed by atoms with van der Waals surface area (Å²) in [5, 5.41) is 21.0. The second-order valence-electron chi connectivity index (χ2n) is 8.12. The van der Waals surface area contributed by atoms with Crippen molar-refractivity contribution in [2.45, 2.75) is 56.4 Å². The molecule has 1 saturated heterocycles. The highest BCUT2D eigenvalue weighted by Gasteiger charge is 2.29. The van der Waals surface area contributed by atoms with Gasteiger partial charge in [0, 0.05) is 31.8 Å².